The summed E-state index contributed by atoms with van der Waals surface area (Å²) in [6.07, 6.45) is -4.80. The average Bonchev–Trinajstić information content (AvgIpc) is 2.72. The number of hydrogen-bond acceptors (Lipinski definition) is 6. The van der Waals surface area contributed by atoms with Gasteiger partial charge in [0.25, 0.3) is 0 Å². The second-order valence-electron chi connectivity index (χ2n) is 7.82. The SMILES string of the molecule is Cc1ccc(Nc2cc(-c3cccc(OC(F)(F)F)c3)nc(N[C@@H](CO)C(C)C)n2)c(Br)c1. The van der Waals surface area contributed by atoms with E-state index in [2.05, 4.69) is 41.3 Å². The molecule has 0 spiro atoms. The van der Waals surface area contributed by atoms with Crippen LogP contribution in [0.5, 0.6) is 5.75 Å². The topological polar surface area (TPSA) is 79.3 Å². The third-order valence-corrected chi connectivity index (χ3v) is 5.45. The molecule has 1 atom stereocenters. The van der Waals surface area contributed by atoms with Crippen LogP contribution < -0.4 is 15.4 Å². The third-order valence-electron chi connectivity index (χ3n) is 4.79. The molecule has 0 aliphatic heterocycles. The smallest absolute Gasteiger partial charge is 0.406 e. The fourth-order valence-corrected chi connectivity index (χ4v) is 3.62. The highest BCUT2D eigenvalue weighted by Gasteiger charge is 2.31. The van der Waals surface area contributed by atoms with Gasteiger partial charge in [0.2, 0.25) is 5.95 Å². The molecular formula is C23H24BrF3N4O2. The van der Waals surface area contributed by atoms with Gasteiger partial charge in [-0.25, -0.2) is 4.98 Å². The minimum atomic E-state index is -4.80. The van der Waals surface area contributed by atoms with Crippen molar-refractivity contribution in [3.05, 3.63) is 58.6 Å². The maximum atomic E-state index is 12.7. The monoisotopic (exact) mass is 524 g/mol. The van der Waals surface area contributed by atoms with Crippen LogP contribution in [-0.4, -0.2) is 34.1 Å². The maximum absolute atomic E-state index is 12.7. The Labute approximate surface area is 198 Å². The van der Waals surface area contributed by atoms with Gasteiger partial charge >= 0.3 is 6.36 Å². The summed E-state index contributed by atoms with van der Waals surface area (Å²) in [5, 5.41) is 16.0. The number of nitrogens with zero attached hydrogens (tertiary/aromatic N) is 2. The third kappa shape index (κ3) is 7.06. The highest BCUT2D eigenvalue weighted by atomic mass is 79.9. The molecule has 0 saturated heterocycles. The first-order valence-corrected chi connectivity index (χ1v) is 11.0. The molecule has 6 nitrogen and oxygen atoms in total. The summed E-state index contributed by atoms with van der Waals surface area (Å²) in [5.74, 6) is 0.399. The van der Waals surface area contributed by atoms with E-state index in [1.807, 2.05) is 39.0 Å². The fraction of sp³-hybridized carbons (Fsp3) is 0.304. The Morgan fingerprint density at radius 3 is 2.48 bits per heavy atom. The molecule has 0 fully saturated rings. The maximum Gasteiger partial charge on any atom is 0.573 e. The summed E-state index contributed by atoms with van der Waals surface area (Å²) in [4.78, 5) is 8.96. The number of anilines is 3. The van der Waals surface area contributed by atoms with Crippen molar-refractivity contribution >= 4 is 33.4 Å². The van der Waals surface area contributed by atoms with Crippen molar-refractivity contribution in [3.8, 4) is 17.0 Å². The minimum absolute atomic E-state index is 0.0911. The van der Waals surface area contributed by atoms with Crippen LogP contribution in [0.2, 0.25) is 0 Å². The Kier molecular flexibility index (Phi) is 7.80. The number of alkyl halides is 3. The number of benzene rings is 2. The Hall–Kier alpha value is -2.85. The molecular weight excluding hydrogens is 501 g/mol. The summed E-state index contributed by atoms with van der Waals surface area (Å²) in [6.45, 7) is 5.72. The van der Waals surface area contributed by atoms with Gasteiger partial charge in [-0.1, -0.05) is 32.0 Å². The van der Waals surface area contributed by atoms with Gasteiger partial charge in [-0.05, 0) is 58.6 Å². The molecule has 0 bridgehead atoms. The van der Waals surface area contributed by atoms with Gasteiger partial charge in [0.1, 0.15) is 11.6 Å². The van der Waals surface area contributed by atoms with Gasteiger partial charge in [-0.15, -0.1) is 13.2 Å². The summed E-state index contributed by atoms with van der Waals surface area (Å²) in [7, 11) is 0. The first kappa shape index (κ1) is 24.8. The van der Waals surface area contributed by atoms with E-state index in [4.69, 9.17) is 0 Å². The number of aromatic nitrogens is 2. The standard InChI is InChI=1S/C23H24BrF3N4O2/c1-13(2)20(12-32)30-22-29-19(15-5-4-6-16(10-15)33-23(25,26)27)11-21(31-22)28-18-8-7-14(3)9-17(18)24/h4-11,13,20,32H,12H2,1-3H3,(H2,28,29,30,31)/t20-/m0/s1. The van der Waals surface area contributed by atoms with Crippen molar-refractivity contribution in [3.63, 3.8) is 0 Å². The number of ether oxygens (including phenoxy) is 1. The molecule has 0 aliphatic rings. The largest absolute Gasteiger partial charge is 0.573 e. The van der Waals surface area contributed by atoms with Crippen LogP contribution in [0.15, 0.2) is 53.0 Å². The van der Waals surface area contributed by atoms with E-state index in [9.17, 15) is 18.3 Å². The van der Waals surface area contributed by atoms with E-state index in [0.717, 1.165) is 15.7 Å². The van der Waals surface area contributed by atoms with Crippen molar-refractivity contribution in [2.45, 2.75) is 33.2 Å². The normalized spacial score (nSPS) is 12.5. The molecule has 33 heavy (non-hydrogen) atoms. The van der Waals surface area contributed by atoms with Crippen molar-refractivity contribution in [1.82, 2.24) is 9.97 Å². The number of aryl methyl sites for hydroxylation is 1. The first-order valence-electron chi connectivity index (χ1n) is 10.2. The van der Waals surface area contributed by atoms with Crippen molar-refractivity contribution in [1.29, 1.82) is 0 Å². The van der Waals surface area contributed by atoms with Gasteiger partial charge in [-0.2, -0.15) is 4.98 Å². The summed E-state index contributed by atoms with van der Waals surface area (Å²) in [6, 6.07) is 12.7. The van der Waals surface area contributed by atoms with Crippen LogP contribution in [0.1, 0.15) is 19.4 Å². The molecule has 0 radical (unpaired) electrons. The zero-order valence-electron chi connectivity index (χ0n) is 18.2. The van der Waals surface area contributed by atoms with Gasteiger partial charge in [0.05, 0.1) is 24.0 Å². The summed E-state index contributed by atoms with van der Waals surface area (Å²) in [5.41, 5.74) is 2.62. The van der Waals surface area contributed by atoms with Crippen LogP contribution >= 0.6 is 15.9 Å². The number of nitrogens with one attached hydrogen (secondary N) is 2. The molecule has 1 aromatic heterocycles. The van der Waals surface area contributed by atoms with Crippen LogP contribution in [0, 0.1) is 12.8 Å². The number of halogens is 4. The van der Waals surface area contributed by atoms with Crippen molar-refractivity contribution < 1.29 is 23.0 Å². The van der Waals surface area contributed by atoms with E-state index < -0.39 is 6.36 Å². The first-order chi connectivity index (χ1) is 15.5. The van der Waals surface area contributed by atoms with Crippen LogP contribution in [0.4, 0.5) is 30.6 Å². The highest BCUT2D eigenvalue weighted by Crippen LogP contribution is 2.31. The van der Waals surface area contributed by atoms with Crippen molar-refractivity contribution in [2.75, 3.05) is 17.2 Å². The lowest BCUT2D eigenvalue weighted by molar-refractivity contribution is -0.274. The molecule has 176 valence electrons. The predicted molar refractivity (Wildman–Crippen MR) is 126 cm³/mol. The quantitative estimate of drug-likeness (QED) is 0.321. The second-order valence-corrected chi connectivity index (χ2v) is 8.68. The Balaban J connectivity index is 2.02. The van der Waals surface area contributed by atoms with Crippen LogP contribution in [0.25, 0.3) is 11.3 Å². The molecule has 3 N–H and O–H groups in total. The predicted octanol–water partition coefficient (Wildman–Crippen LogP) is 6.29. The van der Waals surface area contributed by atoms with Crippen LogP contribution in [-0.2, 0) is 0 Å². The lowest BCUT2D eigenvalue weighted by Gasteiger charge is -2.21. The van der Waals surface area contributed by atoms with Gasteiger partial charge in [-0.3, -0.25) is 0 Å². The molecule has 0 saturated carbocycles. The van der Waals surface area contributed by atoms with Gasteiger partial charge in [0, 0.05) is 16.1 Å². The highest BCUT2D eigenvalue weighted by molar-refractivity contribution is 9.10. The van der Waals surface area contributed by atoms with E-state index in [1.54, 1.807) is 12.1 Å². The fourth-order valence-electron chi connectivity index (χ4n) is 3.02. The molecule has 3 aromatic rings. The second kappa shape index (κ2) is 10.4. The Bertz CT molecular complexity index is 1110. The zero-order chi connectivity index (χ0) is 24.2. The Morgan fingerprint density at radius 1 is 1.09 bits per heavy atom. The molecule has 0 unspecified atom stereocenters. The lowest BCUT2D eigenvalue weighted by atomic mass is 10.1. The molecule has 1 heterocycles. The molecule has 10 heteroatoms. The van der Waals surface area contributed by atoms with E-state index in [-0.39, 0.29) is 30.3 Å². The van der Waals surface area contributed by atoms with E-state index in [1.165, 1.54) is 18.2 Å². The van der Waals surface area contributed by atoms with E-state index >= 15 is 0 Å². The minimum Gasteiger partial charge on any atom is -0.406 e. The Morgan fingerprint density at radius 2 is 1.85 bits per heavy atom. The van der Waals surface area contributed by atoms with Gasteiger partial charge < -0.3 is 20.5 Å². The average molecular weight is 525 g/mol. The molecule has 0 aliphatic carbocycles. The summed E-state index contributed by atoms with van der Waals surface area (Å²) >= 11 is 3.52. The molecule has 3 rings (SSSR count). The lowest BCUT2D eigenvalue weighted by Crippen LogP contribution is -2.30. The summed E-state index contributed by atoms with van der Waals surface area (Å²) < 4.78 is 42.9. The zero-order valence-corrected chi connectivity index (χ0v) is 19.8. The van der Waals surface area contributed by atoms with E-state index in [0.29, 0.717) is 17.1 Å². The molecule has 2 aromatic carbocycles. The number of aliphatic hydroxyl groups excluding tert-OH is 1. The number of hydrogen-bond donors (Lipinski definition) is 3. The van der Waals surface area contributed by atoms with Crippen LogP contribution in [0.3, 0.4) is 0 Å². The van der Waals surface area contributed by atoms with Crippen molar-refractivity contribution in [2.24, 2.45) is 5.92 Å². The number of aliphatic hydroxyl groups is 1. The molecule has 0 amide bonds. The number of rotatable bonds is 8. The van der Waals surface area contributed by atoms with Gasteiger partial charge in [0.15, 0.2) is 0 Å².